The zero-order valence-electron chi connectivity index (χ0n) is 13.6. The van der Waals surface area contributed by atoms with Gasteiger partial charge in [0.15, 0.2) is 0 Å². The van der Waals surface area contributed by atoms with E-state index in [2.05, 4.69) is 23.4 Å². The molecule has 0 fully saturated rings. The minimum atomic E-state index is -0.531. The van der Waals surface area contributed by atoms with Gasteiger partial charge in [0.1, 0.15) is 5.69 Å². The van der Waals surface area contributed by atoms with E-state index in [1.807, 2.05) is 26.1 Å². The Bertz CT molecular complexity index is 540. The summed E-state index contributed by atoms with van der Waals surface area (Å²) in [5.41, 5.74) is 1.78. The Kier molecular flexibility index (Phi) is 7.32. The molecule has 0 aliphatic heterocycles. The van der Waals surface area contributed by atoms with E-state index in [0.717, 1.165) is 25.1 Å². The van der Waals surface area contributed by atoms with E-state index in [4.69, 9.17) is 0 Å². The number of anilines is 1. The molecule has 5 nitrogen and oxygen atoms in total. The Morgan fingerprint density at radius 3 is 2.86 bits per heavy atom. The summed E-state index contributed by atoms with van der Waals surface area (Å²) in [5.74, 6) is -0.531. The van der Waals surface area contributed by atoms with E-state index in [1.165, 1.54) is 0 Å². The normalized spacial score (nSPS) is 10.7. The number of hydrogen-bond donors (Lipinski definition) is 1. The molecular weight excluding hydrogens is 278 g/mol. The number of unbranched alkanes of at least 4 members (excludes halogenated alkanes) is 1. The van der Waals surface area contributed by atoms with E-state index < -0.39 is 5.91 Å². The number of carbonyl (C=O) groups is 1. The number of nitrogens with zero attached hydrogens (tertiary/aromatic N) is 3. The molecule has 1 rings (SSSR count). The van der Waals surface area contributed by atoms with E-state index in [9.17, 15) is 10.0 Å². The third kappa shape index (κ3) is 5.33. The molecule has 0 spiro atoms. The zero-order valence-corrected chi connectivity index (χ0v) is 13.6. The van der Waals surface area contributed by atoms with Crippen molar-refractivity contribution < 1.29 is 10.0 Å². The number of aromatic nitrogens is 1. The van der Waals surface area contributed by atoms with Gasteiger partial charge in [-0.3, -0.25) is 15.0 Å². The molecule has 1 aromatic rings. The molecule has 1 heterocycles. The summed E-state index contributed by atoms with van der Waals surface area (Å²) < 4.78 is 0. The lowest BCUT2D eigenvalue weighted by Gasteiger charge is -2.20. The number of allylic oxidation sites excluding steroid dienone is 1. The molecule has 0 radical (unpaired) electrons. The highest BCUT2D eigenvalue weighted by Crippen LogP contribution is 2.15. The second kappa shape index (κ2) is 9.00. The Balaban J connectivity index is 2.79. The van der Waals surface area contributed by atoms with Crippen molar-refractivity contribution in [1.82, 2.24) is 10.0 Å². The largest absolute Gasteiger partial charge is 0.374 e. The van der Waals surface area contributed by atoms with Gasteiger partial charge in [-0.05, 0) is 31.1 Å². The van der Waals surface area contributed by atoms with Gasteiger partial charge in [-0.1, -0.05) is 32.1 Å². The smallest absolute Gasteiger partial charge is 0.296 e. The molecule has 1 amide bonds. The molecule has 1 N–H and O–H groups in total. The van der Waals surface area contributed by atoms with Crippen molar-refractivity contribution in [3.8, 4) is 0 Å². The Morgan fingerprint density at radius 1 is 1.50 bits per heavy atom. The molecule has 0 saturated heterocycles. The topological polar surface area (TPSA) is 56.7 Å². The Labute approximate surface area is 132 Å². The molecule has 5 heteroatoms. The fourth-order valence-corrected chi connectivity index (χ4v) is 1.98. The summed E-state index contributed by atoms with van der Waals surface area (Å²) in [6, 6.07) is 3.55. The third-order valence-corrected chi connectivity index (χ3v) is 3.24. The average molecular weight is 303 g/mol. The second-order valence-corrected chi connectivity index (χ2v) is 5.20. The van der Waals surface area contributed by atoms with Crippen molar-refractivity contribution in [1.29, 1.82) is 0 Å². The van der Waals surface area contributed by atoms with Gasteiger partial charge < -0.3 is 4.90 Å². The minimum absolute atomic E-state index is 0.0563. The first kappa shape index (κ1) is 17.9. The number of pyridine rings is 1. The molecule has 0 bridgehead atoms. The summed E-state index contributed by atoms with van der Waals surface area (Å²) in [6.07, 6.45) is 7.33. The van der Waals surface area contributed by atoms with Gasteiger partial charge in [-0.25, -0.2) is 5.06 Å². The summed E-state index contributed by atoms with van der Waals surface area (Å²) >= 11 is 0. The van der Waals surface area contributed by atoms with Crippen LogP contribution in [-0.2, 0) is 0 Å². The van der Waals surface area contributed by atoms with E-state index in [1.54, 1.807) is 18.3 Å². The highest BCUT2D eigenvalue weighted by Gasteiger charge is 2.16. The highest BCUT2D eigenvalue weighted by atomic mass is 16.5. The van der Waals surface area contributed by atoms with Crippen molar-refractivity contribution in [3.05, 3.63) is 48.3 Å². The summed E-state index contributed by atoms with van der Waals surface area (Å²) in [7, 11) is 1.98. The molecule has 0 atom stereocenters. The van der Waals surface area contributed by atoms with Crippen LogP contribution in [0.15, 0.2) is 42.6 Å². The number of hydrogen-bond acceptors (Lipinski definition) is 4. The lowest BCUT2D eigenvalue weighted by molar-refractivity contribution is -0.0510. The van der Waals surface area contributed by atoms with Crippen LogP contribution in [-0.4, -0.2) is 41.3 Å². The number of amides is 1. The van der Waals surface area contributed by atoms with Crippen LogP contribution in [0.1, 0.15) is 37.2 Å². The molecule has 0 aliphatic rings. The fourth-order valence-electron chi connectivity index (χ4n) is 1.98. The van der Waals surface area contributed by atoms with Crippen molar-refractivity contribution in [2.75, 3.05) is 25.0 Å². The van der Waals surface area contributed by atoms with Gasteiger partial charge in [0.25, 0.3) is 5.91 Å². The molecule has 0 aliphatic carbocycles. The molecule has 22 heavy (non-hydrogen) atoms. The maximum Gasteiger partial charge on any atom is 0.296 e. The Hall–Kier alpha value is -2.14. The average Bonchev–Trinajstić information content (AvgIpc) is 2.52. The van der Waals surface area contributed by atoms with Crippen LogP contribution in [0, 0.1) is 0 Å². The zero-order chi connectivity index (χ0) is 16.5. The first-order valence-electron chi connectivity index (χ1n) is 7.48. The fraction of sp³-hybridized carbons (Fsp3) is 0.412. The summed E-state index contributed by atoms with van der Waals surface area (Å²) in [5, 5.41) is 10.5. The van der Waals surface area contributed by atoms with Gasteiger partial charge in [-0.2, -0.15) is 0 Å². The molecule has 0 saturated carbocycles. The summed E-state index contributed by atoms with van der Waals surface area (Å²) in [6.45, 7) is 8.73. The number of rotatable bonds is 8. The van der Waals surface area contributed by atoms with Crippen LogP contribution < -0.4 is 4.90 Å². The lowest BCUT2D eigenvalue weighted by atomic mass is 10.2. The van der Waals surface area contributed by atoms with Crippen LogP contribution >= 0.6 is 0 Å². The molecule has 1 aromatic heterocycles. The van der Waals surface area contributed by atoms with Crippen LogP contribution in [0.25, 0.3) is 0 Å². The number of carbonyl (C=O) groups excluding carboxylic acids is 1. The molecule has 0 aromatic carbocycles. The van der Waals surface area contributed by atoms with Crippen molar-refractivity contribution in [2.24, 2.45) is 0 Å². The van der Waals surface area contributed by atoms with Gasteiger partial charge in [0.2, 0.25) is 0 Å². The van der Waals surface area contributed by atoms with Gasteiger partial charge in [0.05, 0.1) is 6.54 Å². The predicted octanol–water partition coefficient (Wildman–Crippen LogP) is 3.28. The minimum Gasteiger partial charge on any atom is -0.374 e. The van der Waals surface area contributed by atoms with Gasteiger partial charge in [0, 0.05) is 25.5 Å². The summed E-state index contributed by atoms with van der Waals surface area (Å²) in [4.78, 5) is 18.3. The standard InChI is InChI=1S/C17H25N3O2/c1-5-7-11-19(4)15-9-10-18-16(12-15)17(21)20(22)13-14(3)8-6-2/h6,8-10,12,22H,3,5,7,11,13H2,1-2,4H3/b8-6-. The maximum atomic E-state index is 12.2. The first-order chi connectivity index (χ1) is 10.5. The monoisotopic (exact) mass is 303 g/mol. The van der Waals surface area contributed by atoms with Crippen molar-refractivity contribution >= 4 is 11.6 Å². The highest BCUT2D eigenvalue weighted by molar-refractivity contribution is 5.92. The van der Waals surface area contributed by atoms with E-state index >= 15 is 0 Å². The Morgan fingerprint density at radius 2 is 2.23 bits per heavy atom. The van der Waals surface area contributed by atoms with Crippen LogP contribution in [0.3, 0.4) is 0 Å². The van der Waals surface area contributed by atoms with Crippen LogP contribution in [0.2, 0.25) is 0 Å². The predicted molar refractivity (Wildman–Crippen MR) is 89.2 cm³/mol. The van der Waals surface area contributed by atoms with E-state index in [0.29, 0.717) is 10.6 Å². The van der Waals surface area contributed by atoms with Crippen LogP contribution in [0.4, 0.5) is 5.69 Å². The van der Waals surface area contributed by atoms with E-state index in [-0.39, 0.29) is 12.2 Å². The first-order valence-corrected chi connectivity index (χ1v) is 7.48. The van der Waals surface area contributed by atoms with Crippen molar-refractivity contribution in [2.45, 2.75) is 26.7 Å². The number of hydroxylamine groups is 2. The maximum absolute atomic E-state index is 12.2. The quantitative estimate of drug-likeness (QED) is 0.455. The SMILES string of the molecule is C=C(/C=C\C)CN(O)C(=O)c1cc(N(C)CCCC)ccn1. The molecule has 0 unspecified atom stereocenters. The van der Waals surface area contributed by atoms with Gasteiger partial charge >= 0.3 is 0 Å². The second-order valence-electron chi connectivity index (χ2n) is 5.20. The van der Waals surface area contributed by atoms with Crippen molar-refractivity contribution in [3.63, 3.8) is 0 Å². The molecule has 120 valence electrons. The third-order valence-electron chi connectivity index (χ3n) is 3.24. The van der Waals surface area contributed by atoms with Gasteiger partial charge in [-0.15, -0.1) is 0 Å². The lowest BCUT2D eigenvalue weighted by Crippen LogP contribution is -2.30. The molecular formula is C17H25N3O2. The van der Waals surface area contributed by atoms with Crippen LogP contribution in [0.5, 0.6) is 0 Å².